The fraction of sp³-hybridized carbons (Fsp3) is 0.571. The van der Waals surface area contributed by atoms with Crippen LogP contribution in [0.1, 0.15) is 20.8 Å². The van der Waals surface area contributed by atoms with E-state index >= 15 is 0 Å². The van der Waals surface area contributed by atoms with Gasteiger partial charge in [0.15, 0.2) is 11.5 Å². The highest BCUT2D eigenvalue weighted by molar-refractivity contribution is 5.77. The second-order valence-electron chi connectivity index (χ2n) is 6.13. The number of rotatable bonds is 1. The molecule has 0 fully saturated rings. The lowest BCUT2D eigenvalue weighted by Crippen LogP contribution is -2.39. The molecule has 0 aliphatic carbocycles. The van der Waals surface area contributed by atoms with Gasteiger partial charge in [-0.1, -0.05) is 20.8 Å². The number of hydrogen-bond donors (Lipinski definition) is 1. The molecule has 4 nitrogen and oxygen atoms in total. The molecule has 1 aromatic rings. The van der Waals surface area contributed by atoms with E-state index in [2.05, 4.69) is 37.1 Å². The van der Waals surface area contributed by atoms with Crippen molar-refractivity contribution in [2.75, 3.05) is 36.6 Å². The van der Waals surface area contributed by atoms with Crippen molar-refractivity contribution in [3.8, 4) is 11.5 Å². The molecule has 2 aliphatic rings. The standard InChI is InChI=1S/C14H20N2O2/c1-14(2,3)8-16-5-4-15-10-6-12-13(7-11(10)16)18-9-17-12/h6-7,15H,4-5,8-9H2,1-3H3. The third-order valence-corrected chi connectivity index (χ3v) is 3.19. The Morgan fingerprint density at radius 2 is 1.94 bits per heavy atom. The average Bonchev–Trinajstić information content (AvgIpc) is 2.71. The number of anilines is 2. The number of hydrogen-bond acceptors (Lipinski definition) is 4. The largest absolute Gasteiger partial charge is 0.454 e. The molecule has 4 heteroatoms. The Hall–Kier alpha value is -1.58. The van der Waals surface area contributed by atoms with Crippen LogP contribution in [0.4, 0.5) is 11.4 Å². The highest BCUT2D eigenvalue weighted by Gasteiger charge is 2.25. The minimum absolute atomic E-state index is 0.283. The van der Waals surface area contributed by atoms with E-state index in [1.807, 2.05) is 6.07 Å². The molecule has 1 N–H and O–H groups in total. The summed E-state index contributed by atoms with van der Waals surface area (Å²) in [4.78, 5) is 2.42. The van der Waals surface area contributed by atoms with Gasteiger partial charge in [-0.25, -0.2) is 0 Å². The first kappa shape index (κ1) is 11.5. The minimum Gasteiger partial charge on any atom is -0.454 e. The molecular weight excluding hydrogens is 228 g/mol. The van der Waals surface area contributed by atoms with Gasteiger partial charge in [0.2, 0.25) is 6.79 Å². The molecule has 0 atom stereocenters. The van der Waals surface area contributed by atoms with E-state index in [0.717, 1.165) is 36.8 Å². The number of ether oxygens (including phenoxy) is 2. The van der Waals surface area contributed by atoms with Crippen LogP contribution in [0, 0.1) is 5.41 Å². The second-order valence-corrected chi connectivity index (χ2v) is 6.13. The van der Waals surface area contributed by atoms with Gasteiger partial charge in [0.25, 0.3) is 0 Å². The number of fused-ring (bicyclic) bond motifs is 2. The predicted molar refractivity (Wildman–Crippen MR) is 72.7 cm³/mol. The van der Waals surface area contributed by atoms with Gasteiger partial charge in [0.1, 0.15) is 0 Å². The van der Waals surface area contributed by atoms with Crippen molar-refractivity contribution >= 4 is 11.4 Å². The van der Waals surface area contributed by atoms with Gasteiger partial charge in [-0.15, -0.1) is 0 Å². The fourth-order valence-corrected chi connectivity index (χ4v) is 2.52. The van der Waals surface area contributed by atoms with Gasteiger partial charge in [-0.05, 0) is 5.41 Å². The van der Waals surface area contributed by atoms with Crippen LogP contribution in [-0.4, -0.2) is 26.4 Å². The fourth-order valence-electron chi connectivity index (χ4n) is 2.52. The normalized spacial score (nSPS) is 17.4. The summed E-state index contributed by atoms with van der Waals surface area (Å²) in [5, 5.41) is 3.43. The first-order valence-electron chi connectivity index (χ1n) is 6.45. The van der Waals surface area contributed by atoms with E-state index in [4.69, 9.17) is 9.47 Å². The summed E-state index contributed by atoms with van der Waals surface area (Å²) in [5.41, 5.74) is 2.65. The molecule has 0 saturated carbocycles. The quantitative estimate of drug-likeness (QED) is 0.828. The Balaban J connectivity index is 1.95. The number of nitrogens with zero attached hydrogens (tertiary/aromatic N) is 1. The predicted octanol–water partition coefficient (Wildman–Crippen LogP) is 2.69. The van der Waals surface area contributed by atoms with Crippen molar-refractivity contribution in [3.63, 3.8) is 0 Å². The van der Waals surface area contributed by atoms with Crippen LogP contribution in [0.15, 0.2) is 12.1 Å². The van der Waals surface area contributed by atoms with Crippen LogP contribution in [0.25, 0.3) is 0 Å². The maximum atomic E-state index is 5.47. The third kappa shape index (κ3) is 2.07. The molecule has 0 saturated heterocycles. The van der Waals surface area contributed by atoms with Gasteiger partial charge in [-0.3, -0.25) is 0 Å². The molecule has 0 aromatic heterocycles. The van der Waals surface area contributed by atoms with E-state index in [9.17, 15) is 0 Å². The molecule has 18 heavy (non-hydrogen) atoms. The van der Waals surface area contributed by atoms with Crippen LogP contribution < -0.4 is 19.7 Å². The molecule has 0 amide bonds. The summed E-state index contributed by atoms with van der Waals surface area (Å²) in [5.74, 6) is 1.70. The Morgan fingerprint density at radius 3 is 2.67 bits per heavy atom. The highest BCUT2D eigenvalue weighted by Crippen LogP contribution is 2.42. The maximum absolute atomic E-state index is 5.47. The Labute approximate surface area is 108 Å². The van der Waals surface area contributed by atoms with Crippen molar-refractivity contribution in [2.24, 2.45) is 5.41 Å². The van der Waals surface area contributed by atoms with Crippen molar-refractivity contribution in [1.82, 2.24) is 0 Å². The average molecular weight is 248 g/mol. The van der Waals surface area contributed by atoms with Crippen LogP contribution in [-0.2, 0) is 0 Å². The molecule has 2 heterocycles. The molecule has 0 spiro atoms. The third-order valence-electron chi connectivity index (χ3n) is 3.19. The molecule has 2 aliphatic heterocycles. The van der Waals surface area contributed by atoms with Crippen LogP contribution >= 0.6 is 0 Å². The molecular formula is C14H20N2O2. The van der Waals surface area contributed by atoms with Crippen molar-refractivity contribution < 1.29 is 9.47 Å². The van der Waals surface area contributed by atoms with Crippen LogP contribution in [0.2, 0.25) is 0 Å². The zero-order valence-electron chi connectivity index (χ0n) is 11.2. The molecule has 0 radical (unpaired) electrons. The van der Waals surface area contributed by atoms with Gasteiger partial charge in [0, 0.05) is 31.8 Å². The minimum atomic E-state index is 0.283. The Kier molecular flexibility index (Phi) is 2.54. The lowest BCUT2D eigenvalue weighted by Gasteiger charge is -2.36. The summed E-state index contributed by atoms with van der Waals surface area (Å²) >= 11 is 0. The summed E-state index contributed by atoms with van der Waals surface area (Å²) in [7, 11) is 0. The molecule has 1 aromatic carbocycles. The number of benzene rings is 1. The van der Waals surface area contributed by atoms with Gasteiger partial charge in [0.05, 0.1) is 11.4 Å². The lowest BCUT2D eigenvalue weighted by atomic mass is 9.95. The van der Waals surface area contributed by atoms with E-state index in [0.29, 0.717) is 6.79 Å². The first-order valence-corrected chi connectivity index (χ1v) is 6.45. The van der Waals surface area contributed by atoms with Crippen molar-refractivity contribution in [1.29, 1.82) is 0 Å². The molecule has 0 bridgehead atoms. The van der Waals surface area contributed by atoms with Crippen molar-refractivity contribution in [3.05, 3.63) is 12.1 Å². The molecule has 98 valence electrons. The zero-order valence-corrected chi connectivity index (χ0v) is 11.2. The monoisotopic (exact) mass is 248 g/mol. The number of nitrogens with one attached hydrogen (secondary N) is 1. The van der Waals surface area contributed by atoms with Crippen LogP contribution in [0.3, 0.4) is 0 Å². The van der Waals surface area contributed by atoms with E-state index in [1.165, 1.54) is 5.69 Å². The van der Waals surface area contributed by atoms with Gasteiger partial charge >= 0.3 is 0 Å². The molecule has 3 rings (SSSR count). The maximum Gasteiger partial charge on any atom is 0.231 e. The summed E-state index contributed by atoms with van der Waals surface area (Å²) in [6.07, 6.45) is 0. The first-order chi connectivity index (χ1) is 8.53. The Bertz CT molecular complexity index is 466. The second kappa shape index (κ2) is 3.97. The topological polar surface area (TPSA) is 33.7 Å². The van der Waals surface area contributed by atoms with Crippen molar-refractivity contribution in [2.45, 2.75) is 20.8 Å². The van der Waals surface area contributed by atoms with Crippen LogP contribution in [0.5, 0.6) is 11.5 Å². The van der Waals surface area contributed by atoms with E-state index in [-0.39, 0.29) is 5.41 Å². The zero-order chi connectivity index (χ0) is 12.8. The molecule has 0 unspecified atom stereocenters. The van der Waals surface area contributed by atoms with E-state index in [1.54, 1.807) is 0 Å². The lowest BCUT2D eigenvalue weighted by molar-refractivity contribution is 0.174. The van der Waals surface area contributed by atoms with E-state index < -0.39 is 0 Å². The smallest absolute Gasteiger partial charge is 0.231 e. The SMILES string of the molecule is CC(C)(C)CN1CCNc2cc3c(cc21)OCO3. The summed E-state index contributed by atoms with van der Waals surface area (Å²) in [6, 6.07) is 4.14. The summed E-state index contributed by atoms with van der Waals surface area (Å²) < 4.78 is 10.9. The van der Waals surface area contributed by atoms with Gasteiger partial charge in [-0.2, -0.15) is 0 Å². The summed E-state index contributed by atoms with van der Waals surface area (Å²) in [6.45, 7) is 10.2. The van der Waals surface area contributed by atoms with Gasteiger partial charge < -0.3 is 19.7 Å². The Morgan fingerprint density at radius 1 is 1.22 bits per heavy atom. The highest BCUT2D eigenvalue weighted by atomic mass is 16.7.